The summed E-state index contributed by atoms with van der Waals surface area (Å²) in [7, 11) is 1.45. The van der Waals surface area contributed by atoms with Crippen LogP contribution in [0.5, 0.6) is 0 Å². The third-order valence-corrected chi connectivity index (χ3v) is 8.79. The van der Waals surface area contributed by atoms with Crippen molar-refractivity contribution in [3.05, 3.63) is 35.9 Å². The molecule has 0 radical (unpaired) electrons. The Morgan fingerprint density at radius 1 is 1.33 bits per heavy atom. The third-order valence-electron chi connectivity index (χ3n) is 4.89. The van der Waals surface area contributed by atoms with Gasteiger partial charge in [0.15, 0.2) is 0 Å². The van der Waals surface area contributed by atoms with Gasteiger partial charge in [0.05, 0.1) is 23.2 Å². The largest absolute Gasteiger partial charge is 0.469 e. The second-order valence-electron chi connectivity index (χ2n) is 5.78. The quantitative estimate of drug-likeness (QED) is 0.848. The highest BCUT2D eigenvalue weighted by Crippen LogP contribution is 2.66. The van der Waals surface area contributed by atoms with Crippen LogP contribution in [0, 0.1) is 5.92 Å². The molecule has 0 aliphatic carbocycles. The van der Waals surface area contributed by atoms with Gasteiger partial charge >= 0.3 is 5.97 Å². The molecular weight excluding hydrogens is 304 g/mol. The van der Waals surface area contributed by atoms with Gasteiger partial charge < -0.3 is 9.84 Å². The van der Waals surface area contributed by atoms with Crippen LogP contribution in [0.2, 0.25) is 0 Å². The first-order valence-electron chi connectivity index (χ1n) is 7.15. The lowest BCUT2D eigenvalue weighted by Crippen LogP contribution is -2.52. The van der Waals surface area contributed by atoms with Crippen LogP contribution in [-0.2, 0) is 14.9 Å². The van der Waals surface area contributed by atoms with E-state index in [0.29, 0.717) is 5.75 Å². The molecule has 0 aromatic heterocycles. The summed E-state index contributed by atoms with van der Waals surface area (Å²) in [6.07, 6.45) is 0.363. The topological polar surface area (TPSA) is 46.5 Å². The SMILES string of the molecule is COC(=O)C1CCSC12SCC(O)C2(C)c1ccccc1. The molecule has 5 heteroatoms. The average Bonchev–Trinajstić information content (AvgIpc) is 3.06. The van der Waals surface area contributed by atoms with Crippen LogP contribution < -0.4 is 0 Å². The molecule has 1 spiro atoms. The van der Waals surface area contributed by atoms with Crippen molar-refractivity contribution in [1.29, 1.82) is 0 Å². The Balaban J connectivity index is 2.10. The van der Waals surface area contributed by atoms with Gasteiger partial charge in [0.1, 0.15) is 0 Å². The van der Waals surface area contributed by atoms with Crippen LogP contribution in [0.4, 0.5) is 0 Å². The standard InChI is InChI=1S/C16H20O3S2/c1-15(11-6-4-3-5-7-11)13(17)10-21-16(15)12(8-9-20-16)14(18)19-2/h3-7,12-13,17H,8-10H2,1-2H3. The van der Waals surface area contributed by atoms with E-state index in [0.717, 1.165) is 17.7 Å². The fraction of sp³-hybridized carbons (Fsp3) is 0.562. The molecule has 114 valence electrons. The summed E-state index contributed by atoms with van der Waals surface area (Å²) in [6, 6.07) is 10.1. The van der Waals surface area contributed by atoms with Gasteiger partial charge in [0.2, 0.25) is 0 Å². The van der Waals surface area contributed by atoms with Gasteiger partial charge in [-0.3, -0.25) is 4.79 Å². The lowest BCUT2D eigenvalue weighted by Gasteiger charge is -2.44. The van der Waals surface area contributed by atoms with E-state index >= 15 is 0 Å². The van der Waals surface area contributed by atoms with E-state index in [9.17, 15) is 9.90 Å². The summed E-state index contributed by atoms with van der Waals surface area (Å²) in [6.45, 7) is 2.10. The van der Waals surface area contributed by atoms with Gasteiger partial charge in [-0.15, -0.1) is 23.5 Å². The number of aliphatic hydroxyl groups excluding tert-OH is 1. The highest BCUT2D eigenvalue weighted by molar-refractivity contribution is 8.18. The Bertz CT molecular complexity index is 536. The van der Waals surface area contributed by atoms with Crippen molar-refractivity contribution in [3.8, 4) is 0 Å². The smallest absolute Gasteiger partial charge is 0.311 e. The highest BCUT2D eigenvalue weighted by atomic mass is 32.2. The van der Waals surface area contributed by atoms with E-state index in [4.69, 9.17) is 4.74 Å². The normalized spacial score (nSPS) is 38.8. The Morgan fingerprint density at radius 3 is 2.71 bits per heavy atom. The van der Waals surface area contributed by atoms with E-state index in [1.807, 2.05) is 30.0 Å². The summed E-state index contributed by atoms with van der Waals surface area (Å²) >= 11 is 3.54. The molecule has 4 atom stereocenters. The Morgan fingerprint density at radius 2 is 2.05 bits per heavy atom. The Kier molecular flexibility index (Phi) is 4.01. The predicted octanol–water partition coefficient (Wildman–Crippen LogP) is 2.67. The van der Waals surface area contributed by atoms with E-state index in [-0.39, 0.29) is 16.0 Å². The summed E-state index contributed by atoms with van der Waals surface area (Å²) in [5.41, 5.74) is 0.657. The van der Waals surface area contributed by atoms with Crippen LogP contribution >= 0.6 is 23.5 Å². The molecule has 21 heavy (non-hydrogen) atoms. The zero-order valence-corrected chi connectivity index (χ0v) is 13.9. The van der Waals surface area contributed by atoms with Gasteiger partial charge in [-0.25, -0.2) is 0 Å². The van der Waals surface area contributed by atoms with Gasteiger partial charge in [-0.05, 0) is 17.7 Å². The van der Waals surface area contributed by atoms with E-state index in [1.165, 1.54) is 7.11 Å². The van der Waals surface area contributed by atoms with E-state index < -0.39 is 11.5 Å². The first kappa shape index (κ1) is 15.3. The van der Waals surface area contributed by atoms with Gasteiger partial charge in [0, 0.05) is 11.2 Å². The van der Waals surface area contributed by atoms with Crippen LogP contribution in [0.1, 0.15) is 18.9 Å². The van der Waals surface area contributed by atoms with Crippen LogP contribution in [0.15, 0.2) is 30.3 Å². The number of methoxy groups -OCH3 is 1. The molecule has 2 fully saturated rings. The van der Waals surface area contributed by atoms with Crippen molar-refractivity contribution in [2.75, 3.05) is 18.6 Å². The number of benzene rings is 1. The lowest BCUT2D eigenvalue weighted by atomic mass is 9.70. The molecule has 3 rings (SSSR count). The minimum Gasteiger partial charge on any atom is -0.469 e. The average molecular weight is 324 g/mol. The van der Waals surface area contributed by atoms with Gasteiger partial charge in [-0.2, -0.15) is 0 Å². The fourth-order valence-corrected chi connectivity index (χ4v) is 7.74. The molecule has 3 nitrogen and oxygen atoms in total. The van der Waals surface area contributed by atoms with Crippen molar-refractivity contribution in [2.24, 2.45) is 5.92 Å². The number of rotatable bonds is 2. The Labute approximate surface area is 133 Å². The first-order valence-corrected chi connectivity index (χ1v) is 9.12. The molecule has 0 bridgehead atoms. The summed E-state index contributed by atoms with van der Waals surface area (Å²) < 4.78 is 4.71. The van der Waals surface area contributed by atoms with E-state index in [2.05, 4.69) is 19.1 Å². The number of thioether (sulfide) groups is 2. The first-order chi connectivity index (χ1) is 10.1. The lowest BCUT2D eigenvalue weighted by molar-refractivity contribution is -0.146. The predicted molar refractivity (Wildman–Crippen MR) is 87.6 cm³/mol. The van der Waals surface area contributed by atoms with Crippen molar-refractivity contribution in [2.45, 2.75) is 28.9 Å². The van der Waals surface area contributed by atoms with Crippen molar-refractivity contribution < 1.29 is 14.6 Å². The Hall–Kier alpha value is -0.650. The number of ether oxygens (including phenoxy) is 1. The molecule has 1 aromatic carbocycles. The maximum atomic E-state index is 12.3. The van der Waals surface area contributed by atoms with Crippen molar-refractivity contribution in [1.82, 2.24) is 0 Å². The zero-order valence-electron chi connectivity index (χ0n) is 12.2. The van der Waals surface area contributed by atoms with Gasteiger partial charge in [-0.1, -0.05) is 37.3 Å². The number of aliphatic hydroxyl groups is 1. The molecule has 2 aliphatic heterocycles. The van der Waals surface area contributed by atoms with Gasteiger partial charge in [0.25, 0.3) is 0 Å². The molecule has 2 heterocycles. The van der Waals surface area contributed by atoms with Crippen molar-refractivity contribution in [3.63, 3.8) is 0 Å². The number of hydrogen-bond acceptors (Lipinski definition) is 5. The molecule has 0 saturated carbocycles. The molecule has 2 aliphatic rings. The monoisotopic (exact) mass is 324 g/mol. The summed E-state index contributed by atoms with van der Waals surface area (Å²) in [5, 5.41) is 10.7. The van der Waals surface area contributed by atoms with E-state index in [1.54, 1.807) is 11.8 Å². The number of carbonyl (C=O) groups excluding carboxylic acids is 1. The zero-order chi connectivity index (χ0) is 15.1. The van der Waals surface area contributed by atoms with Crippen LogP contribution in [-0.4, -0.2) is 39.9 Å². The minimum atomic E-state index is -0.456. The molecule has 4 unspecified atom stereocenters. The molecule has 2 saturated heterocycles. The number of esters is 1. The molecule has 0 amide bonds. The maximum absolute atomic E-state index is 12.3. The molecular formula is C16H20O3S2. The second-order valence-corrected chi connectivity index (χ2v) is 8.64. The minimum absolute atomic E-state index is 0.149. The second kappa shape index (κ2) is 5.52. The number of carbonyl (C=O) groups is 1. The molecule has 1 N–H and O–H groups in total. The molecule has 1 aromatic rings. The third kappa shape index (κ3) is 2.05. The van der Waals surface area contributed by atoms with Crippen LogP contribution in [0.3, 0.4) is 0 Å². The maximum Gasteiger partial charge on any atom is 0.311 e. The van der Waals surface area contributed by atoms with Crippen LogP contribution in [0.25, 0.3) is 0 Å². The summed E-state index contributed by atoms with van der Waals surface area (Å²) in [5.74, 6) is 1.27. The fourth-order valence-electron chi connectivity index (χ4n) is 3.62. The summed E-state index contributed by atoms with van der Waals surface area (Å²) in [4.78, 5) is 12.3. The van der Waals surface area contributed by atoms with Crippen molar-refractivity contribution >= 4 is 29.5 Å². The highest BCUT2D eigenvalue weighted by Gasteiger charge is 2.66. The number of hydrogen-bond donors (Lipinski definition) is 1.